The van der Waals surface area contributed by atoms with Crippen LogP contribution in [0.5, 0.6) is 0 Å². The van der Waals surface area contributed by atoms with Gasteiger partial charge in [0.15, 0.2) is 0 Å². The largest absolute Gasteiger partial charge is 0.394 e. The Hall–Kier alpha value is -0.980. The Morgan fingerprint density at radius 3 is 1.84 bits per heavy atom. The molecule has 0 aromatic heterocycles. The minimum Gasteiger partial charge on any atom is -0.394 e. The zero-order valence-electron chi connectivity index (χ0n) is 11.2. The molecule has 0 fully saturated rings. The van der Waals surface area contributed by atoms with E-state index in [1.807, 2.05) is 42.2 Å². The summed E-state index contributed by atoms with van der Waals surface area (Å²) in [6.07, 6.45) is -1.73. The zero-order valence-corrected chi connectivity index (χ0v) is 11.2. The third-order valence-corrected chi connectivity index (χ3v) is 3.14. The van der Waals surface area contributed by atoms with Gasteiger partial charge in [-0.1, -0.05) is 30.3 Å². The van der Waals surface area contributed by atoms with E-state index in [1.165, 1.54) is 0 Å². The van der Waals surface area contributed by atoms with Crippen LogP contribution in [0.1, 0.15) is 18.5 Å². The van der Waals surface area contributed by atoms with Gasteiger partial charge in [0.25, 0.3) is 0 Å². The third-order valence-electron chi connectivity index (χ3n) is 3.14. The maximum Gasteiger partial charge on any atom is 0.0897 e. The maximum absolute atomic E-state index is 9.57. The van der Waals surface area contributed by atoms with E-state index in [9.17, 15) is 10.2 Å². The number of hydrogen-bond acceptors (Lipinski definition) is 5. The van der Waals surface area contributed by atoms with Crippen LogP contribution in [0.15, 0.2) is 30.3 Å². The molecule has 0 aliphatic carbocycles. The van der Waals surface area contributed by atoms with Gasteiger partial charge in [0.2, 0.25) is 0 Å². The number of hydrogen-bond donors (Lipinski definition) is 4. The van der Waals surface area contributed by atoms with Crippen molar-refractivity contribution in [3.8, 4) is 0 Å². The second kappa shape index (κ2) is 8.24. The molecule has 0 spiro atoms. The molecule has 1 rings (SSSR count). The first-order valence-corrected chi connectivity index (χ1v) is 6.45. The van der Waals surface area contributed by atoms with Gasteiger partial charge in [0.05, 0.1) is 25.4 Å². The molecule has 3 atom stereocenters. The Kier molecular flexibility index (Phi) is 6.97. The van der Waals surface area contributed by atoms with Crippen molar-refractivity contribution in [3.63, 3.8) is 0 Å². The molecule has 0 aliphatic rings. The summed E-state index contributed by atoms with van der Waals surface area (Å²) in [5.74, 6) is 0. The first-order valence-electron chi connectivity index (χ1n) is 6.45. The van der Waals surface area contributed by atoms with Gasteiger partial charge in [-0.2, -0.15) is 0 Å². The van der Waals surface area contributed by atoms with Crippen LogP contribution >= 0.6 is 0 Å². The van der Waals surface area contributed by atoms with E-state index in [1.54, 1.807) is 0 Å². The summed E-state index contributed by atoms with van der Waals surface area (Å²) < 4.78 is 0. The summed E-state index contributed by atoms with van der Waals surface area (Å²) in [5.41, 5.74) is 1.05. The van der Waals surface area contributed by atoms with Crippen molar-refractivity contribution in [1.82, 2.24) is 4.90 Å². The quantitative estimate of drug-likeness (QED) is 0.523. The molecule has 0 aliphatic heterocycles. The highest BCUT2D eigenvalue weighted by Crippen LogP contribution is 2.20. The first-order chi connectivity index (χ1) is 9.08. The summed E-state index contributed by atoms with van der Waals surface area (Å²) >= 11 is 0. The lowest BCUT2D eigenvalue weighted by molar-refractivity contribution is 0.00921. The van der Waals surface area contributed by atoms with Crippen LogP contribution in [-0.2, 0) is 0 Å². The second-order valence-electron chi connectivity index (χ2n) is 4.71. The van der Waals surface area contributed by atoms with E-state index in [-0.39, 0.29) is 32.3 Å². The van der Waals surface area contributed by atoms with Crippen molar-refractivity contribution in [3.05, 3.63) is 35.9 Å². The number of nitrogens with zero attached hydrogens (tertiary/aromatic N) is 1. The molecule has 1 aromatic carbocycles. The monoisotopic (exact) mass is 269 g/mol. The van der Waals surface area contributed by atoms with Gasteiger partial charge in [-0.25, -0.2) is 0 Å². The first kappa shape index (κ1) is 16.1. The molecule has 0 saturated heterocycles. The van der Waals surface area contributed by atoms with E-state index in [2.05, 4.69) is 0 Å². The van der Waals surface area contributed by atoms with Crippen molar-refractivity contribution in [2.45, 2.75) is 25.2 Å². The van der Waals surface area contributed by atoms with Crippen LogP contribution in [0.3, 0.4) is 0 Å². The fraction of sp³-hybridized carbons (Fsp3) is 0.571. The number of aliphatic hydroxyl groups is 4. The Balaban J connectivity index is 2.76. The van der Waals surface area contributed by atoms with E-state index in [4.69, 9.17) is 10.2 Å². The van der Waals surface area contributed by atoms with Crippen LogP contribution in [0.4, 0.5) is 0 Å². The Morgan fingerprint density at radius 1 is 0.947 bits per heavy atom. The molecule has 5 nitrogen and oxygen atoms in total. The molecule has 0 amide bonds. The molecule has 108 valence electrons. The maximum atomic E-state index is 9.57. The molecule has 0 saturated carbocycles. The van der Waals surface area contributed by atoms with Gasteiger partial charge in [0, 0.05) is 19.1 Å². The van der Waals surface area contributed by atoms with Gasteiger partial charge < -0.3 is 20.4 Å². The van der Waals surface area contributed by atoms with Crippen molar-refractivity contribution in [2.24, 2.45) is 0 Å². The lowest BCUT2D eigenvalue weighted by atomic mass is 10.1. The Morgan fingerprint density at radius 2 is 1.42 bits per heavy atom. The van der Waals surface area contributed by atoms with Crippen molar-refractivity contribution < 1.29 is 20.4 Å². The molecule has 0 unspecified atom stereocenters. The molecule has 0 heterocycles. The summed E-state index contributed by atoms with van der Waals surface area (Å²) in [4.78, 5) is 1.84. The Bertz CT molecular complexity index is 335. The average molecular weight is 269 g/mol. The van der Waals surface area contributed by atoms with Crippen LogP contribution in [0, 0.1) is 0 Å². The molecule has 0 radical (unpaired) electrons. The smallest absolute Gasteiger partial charge is 0.0897 e. The minimum atomic E-state index is -0.864. The normalized spacial score (nSPS) is 16.3. The lowest BCUT2D eigenvalue weighted by Crippen LogP contribution is -2.41. The fourth-order valence-corrected chi connectivity index (χ4v) is 1.99. The molecule has 19 heavy (non-hydrogen) atoms. The predicted octanol–water partition coefficient (Wildman–Crippen LogP) is -0.244. The van der Waals surface area contributed by atoms with E-state index >= 15 is 0 Å². The minimum absolute atomic E-state index is 0.0244. The SMILES string of the molecule is C[C@@H](c1ccccc1)N(C[C@H](O)CO)C[C@H](O)CO. The highest BCUT2D eigenvalue weighted by atomic mass is 16.3. The van der Waals surface area contributed by atoms with Crippen LogP contribution < -0.4 is 0 Å². The molecular formula is C14H23NO4. The van der Waals surface area contributed by atoms with Gasteiger partial charge in [-0.3, -0.25) is 4.90 Å². The van der Waals surface area contributed by atoms with Crippen molar-refractivity contribution in [2.75, 3.05) is 26.3 Å². The van der Waals surface area contributed by atoms with Crippen molar-refractivity contribution >= 4 is 0 Å². The number of benzene rings is 1. The molecule has 0 bridgehead atoms. The van der Waals surface area contributed by atoms with E-state index < -0.39 is 12.2 Å². The topological polar surface area (TPSA) is 84.2 Å². The molecule has 1 aromatic rings. The average Bonchev–Trinajstić information content (AvgIpc) is 2.46. The van der Waals surface area contributed by atoms with Gasteiger partial charge >= 0.3 is 0 Å². The molecular weight excluding hydrogens is 246 g/mol. The summed E-state index contributed by atoms with van der Waals surface area (Å²) in [6, 6.07) is 9.68. The standard InChI is InChI=1S/C14H23NO4/c1-11(12-5-3-2-4-6-12)15(7-13(18)9-16)8-14(19)10-17/h2-6,11,13-14,16-19H,7-10H2,1H3/t11-,13-,14-/m0/s1. The van der Waals surface area contributed by atoms with E-state index in [0.29, 0.717) is 0 Å². The van der Waals surface area contributed by atoms with Crippen LogP contribution in [0.25, 0.3) is 0 Å². The molecule has 5 heteroatoms. The Labute approximate surface area is 113 Å². The molecule has 4 N–H and O–H groups in total. The summed E-state index contributed by atoms with van der Waals surface area (Å²) in [6.45, 7) is 1.79. The highest BCUT2D eigenvalue weighted by molar-refractivity contribution is 5.18. The van der Waals surface area contributed by atoms with Gasteiger partial charge in [-0.15, -0.1) is 0 Å². The zero-order chi connectivity index (χ0) is 14.3. The van der Waals surface area contributed by atoms with Crippen LogP contribution in [0.2, 0.25) is 0 Å². The van der Waals surface area contributed by atoms with Crippen LogP contribution in [-0.4, -0.2) is 63.8 Å². The number of aliphatic hydroxyl groups excluding tert-OH is 4. The van der Waals surface area contributed by atoms with Gasteiger partial charge in [-0.05, 0) is 12.5 Å². The van der Waals surface area contributed by atoms with Crippen molar-refractivity contribution in [1.29, 1.82) is 0 Å². The number of rotatable bonds is 8. The lowest BCUT2D eigenvalue weighted by Gasteiger charge is -2.32. The third kappa shape index (κ3) is 5.26. The fourth-order valence-electron chi connectivity index (χ4n) is 1.99. The van der Waals surface area contributed by atoms with Gasteiger partial charge in [0.1, 0.15) is 0 Å². The summed E-state index contributed by atoms with van der Waals surface area (Å²) in [5, 5.41) is 37.0. The van der Waals surface area contributed by atoms with E-state index in [0.717, 1.165) is 5.56 Å². The highest BCUT2D eigenvalue weighted by Gasteiger charge is 2.21. The predicted molar refractivity (Wildman–Crippen MR) is 72.6 cm³/mol. The summed E-state index contributed by atoms with van der Waals surface area (Å²) in [7, 11) is 0. The second-order valence-corrected chi connectivity index (χ2v) is 4.71.